The molecule has 1 heterocycles. The zero-order valence-electron chi connectivity index (χ0n) is 18.7. The summed E-state index contributed by atoms with van der Waals surface area (Å²) in [6.07, 6.45) is 3.34. The van der Waals surface area contributed by atoms with Crippen LogP contribution in [0.1, 0.15) is 35.1 Å². The molecule has 4 rings (SSSR count). The van der Waals surface area contributed by atoms with Gasteiger partial charge in [-0.1, -0.05) is 48.0 Å². The van der Waals surface area contributed by atoms with Gasteiger partial charge in [-0.25, -0.2) is 4.79 Å². The Hall–Kier alpha value is -3.60. The van der Waals surface area contributed by atoms with Crippen molar-refractivity contribution < 1.29 is 9.59 Å². The zero-order valence-corrected chi connectivity index (χ0v) is 18.7. The fraction of sp³-hybridized carbons (Fsp3) is 0.259. The summed E-state index contributed by atoms with van der Waals surface area (Å²) in [5, 5.41) is 5.98. The predicted molar refractivity (Wildman–Crippen MR) is 130 cm³/mol. The molecule has 3 amide bonds. The number of amides is 3. The number of carbonyl (C=O) groups excluding carboxylic acids is 2. The molecule has 3 aromatic carbocycles. The molecule has 0 aliphatic carbocycles. The Morgan fingerprint density at radius 2 is 1.69 bits per heavy atom. The van der Waals surface area contributed by atoms with E-state index in [2.05, 4.69) is 22.8 Å². The van der Waals surface area contributed by atoms with Gasteiger partial charge in [-0.2, -0.15) is 0 Å². The molecule has 0 atom stereocenters. The topological polar surface area (TPSA) is 61.4 Å². The van der Waals surface area contributed by atoms with E-state index < -0.39 is 0 Å². The minimum atomic E-state index is -0.125. The van der Waals surface area contributed by atoms with Gasteiger partial charge >= 0.3 is 6.03 Å². The summed E-state index contributed by atoms with van der Waals surface area (Å²) in [5.41, 5.74) is 6.86. The molecule has 164 valence electrons. The van der Waals surface area contributed by atoms with Gasteiger partial charge in [0.2, 0.25) is 5.91 Å². The highest BCUT2D eigenvalue weighted by Crippen LogP contribution is 2.27. The van der Waals surface area contributed by atoms with Crippen LogP contribution in [-0.2, 0) is 17.6 Å². The Kier molecular flexibility index (Phi) is 6.55. The second kappa shape index (κ2) is 9.69. The van der Waals surface area contributed by atoms with Crippen molar-refractivity contribution in [2.75, 3.05) is 22.1 Å². The maximum absolute atomic E-state index is 13.0. The maximum atomic E-state index is 13.0. The third-order valence-electron chi connectivity index (χ3n) is 5.83. The van der Waals surface area contributed by atoms with Crippen LogP contribution in [0.4, 0.5) is 21.9 Å². The van der Waals surface area contributed by atoms with Gasteiger partial charge in [0.1, 0.15) is 0 Å². The van der Waals surface area contributed by atoms with E-state index in [1.807, 2.05) is 73.3 Å². The molecular weight excluding hydrogens is 398 g/mol. The van der Waals surface area contributed by atoms with E-state index in [4.69, 9.17) is 0 Å². The molecule has 1 aliphatic heterocycles. The molecule has 3 aromatic rings. The van der Waals surface area contributed by atoms with Crippen molar-refractivity contribution >= 4 is 29.0 Å². The van der Waals surface area contributed by atoms with Crippen LogP contribution in [0.5, 0.6) is 0 Å². The SMILES string of the molecule is Cc1ccc(NC(=O)Cc2ccc(NC(=O)N3CCCCc4ccccc43)cc2)c(C)c1. The Balaban J connectivity index is 1.37. The molecule has 0 saturated heterocycles. The average Bonchev–Trinajstić information content (AvgIpc) is 3.00. The molecule has 0 aromatic heterocycles. The average molecular weight is 428 g/mol. The minimum absolute atomic E-state index is 0.0603. The number of para-hydroxylation sites is 1. The summed E-state index contributed by atoms with van der Waals surface area (Å²) in [6, 6.07) is 21.4. The Bertz CT molecular complexity index is 1120. The molecule has 5 nitrogen and oxygen atoms in total. The number of benzene rings is 3. The van der Waals surface area contributed by atoms with Gasteiger partial charge in [-0.05, 0) is 74.1 Å². The number of anilines is 3. The highest BCUT2D eigenvalue weighted by molar-refractivity contribution is 6.02. The van der Waals surface area contributed by atoms with Gasteiger partial charge in [0.25, 0.3) is 0 Å². The van der Waals surface area contributed by atoms with Crippen LogP contribution in [0.2, 0.25) is 0 Å². The first kappa shape index (κ1) is 21.6. The number of rotatable bonds is 4. The van der Waals surface area contributed by atoms with Crippen molar-refractivity contribution in [2.24, 2.45) is 0 Å². The maximum Gasteiger partial charge on any atom is 0.326 e. The monoisotopic (exact) mass is 427 g/mol. The third kappa shape index (κ3) is 5.17. The Morgan fingerprint density at radius 3 is 2.47 bits per heavy atom. The van der Waals surface area contributed by atoms with Crippen molar-refractivity contribution in [1.29, 1.82) is 0 Å². The second-order valence-electron chi connectivity index (χ2n) is 8.41. The first-order chi connectivity index (χ1) is 15.5. The Morgan fingerprint density at radius 1 is 0.906 bits per heavy atom. The molecule has 0 radical (unpaired) electrons. The normalized spacial score (nSPS) is 13.1. The van der Waals surface area contributed by atoms with Crippen molar-refractivity contribution in [3.05, 3.63) is 89.0 Å². The molecule has 0 spiro atoms. The van der Waals surface area contributed by atoms with Crippen molar-refractivity contribution in [2.45, 2.75) is 39.5 Å². The minimum Gasteiger partial charge on any atom is -0.326 e. The first-order valence-electron chi connectivity index (χ1n) is 11.1. The summed E-state index contributed by atoms with van der Waals surface area (Å²) >= 11 is 0. The van der Waals surface area contributed by atoms with Crippen LogP contribution in [0, 0.1) is 13.8 Å². The van der Waals surface area contributed by atoms with E-state index >= 15 is 0 Å². The molecule has 0 fully saturated rings. The van der Waals surface area contributed by atoms with Gasteiger partial charge in [-0.15, -0.1) is 0 Å². The fourth-order valence-corrected chi connectivity index (χ4v) is 4.13. The highest BCUT2D eigenvalue weighted by atomic mass is 16.2. The third-order valence-corrected chi connectivity index (χ3v) is 5.83. The lowest BCUT2D eigenvalue weighted by atomic mass is 10.1. The van der Waals surface area contributed by atoms with Crippen molar-refractivity contribution in [3.8, 4) is 0 Å². The molecule has 0 unspecified atom stereocenters. The van der Waals surface area contributed by atoms with Crippen LogP contribution in [0.3, 0.4) is 0 Å². The van der Waals surface area contributed by atoms with Crippen LogP contribution in [0.15, 0.2) is 66.7 Å². The van der Waals surface area contributed by atoms with Gasteiger partial charge < -0.3 is 10.6 Å². The van der Waals surface area contributed by atoms with Crippen LogP contribution in [0.25, 0.3) is 0 Å². The largest absolute Gasteiger partial charge is 0.326 e. The van der Waals surface area contributed by atoms with E-state index in [0.717, 1.165) is 47.5 Å². The quantitative estimate of drug-likeness (QED) is 0.548. The van der Waals surface area contributed by atoms with E-state index in [1.165, 1.54) is 11.1 Å². The van der Waals surface area contributed by atoms with E-state index in [1.54, 1.807) is 0 Å². The lowest BCUT2D eigenvalue weighted by molar-refractivity contribution is -0.115. The molecule has 0 saturated carbocycles. The van der Waals surface area contributed by atoms with Crippen LogP contribution in [-0.4, -0.2) is 18.5 Å². The summed E-state index contributed by atoms with van der Waals surface area (Å²) < 4.78 is 0. The number of hydrogen-bond acceptors (Lipinski definition) is 2. The molecule has 1 aliphatic rings. The number of fused-ring (bicyclic) bond motifs is 1. The molecule has 32 heavy (non-hydrogen) atoms. The molecular formula is C27H29N3O2. The fourth-order valence-electron chi connectivity index (χ4n) is 4.13. The zero-order chi connectivity index (χ0) is 22.5. The lowest BCUT2D eigenvalue weighted by Crippen LogP contribution is -2.35. The predicted octanol–water partition coefficient (Wildman–Crippen LogP) is 5.86. The van der Waals surface area contributed by atoms with E-state index in [9.17, 15) is 9.59 Å². The second-order valence-corrected chi connectivity index (χ2v) is 8.41. The number of nitrogens with zero attached hydrogens (tertiary/aromatic N) is 1. The summed E-state index contributed by atoms with van der Waals surface area (Å²) in [5.74, 6) is -0.0603. The number of nitrogens with one attached hydrogen (secondary N) is 2. The lowest BCUT2D eigenvalue weighted by Gasteiger charge is -2.23. The summed E-state index contributed by atoms with van der Waals surface area (Å²) in [7, 11) is 0. The first-order valence-corrected chi connectivity index (χ1v) is 11.1. The van der Waals surface area contributed by atoms with Gasteiger partial charge in [0, 0.05) is 23.6 Å². The van der Waals surface area contributed by atoms with Gasteiger partial charge in [-0.3, -0.25) is 9.69 Å². The number of aryl methyl sites for hydroxylation is 3. The van der Waals surface area contributed by atoms with Gasteiger partial charge in [0.05, 0.1) is 6.42 Å². The standard InChI is InChI=1S/C27H29N3O2/c1-19-10-15-24(20(2)17-19)29-26(31)18-21-11-13-23(14-12-21)28-27(32)30-16-6-5-8-22-7-3-4-9-25(22)30/h3-4,7,9-15,17H,5-6,8,16,18H2,1-2H3,(H,28,32)(H,29,31). The van der Waals surface area contributed by atoms with Crippen molar-refractivity contribution in [3.63, 3.8) is 0 Å². The van der Waals surface area contributed by atoms with Gasteiger partial charge in [0.15, 0.2) is 0 Å². The Labute approximate surface area is 189 Å². The number of hydrogen-bond donors (Lipinski definition) is 2. The highest BCUT2D eigenvalue weighted by Gasteiger charge is 2.20. The van der Waals surface area contributed by atoms with Crippen LogP contribution < -0.4 is 15.5 Å². The molecule has 2 N–H and O–H groups in total. The van der Waals surface area contributed by atoms with E-state index in [0.29, 0.717) is 6.54 Å². The summed E-state index contributed by atoms with van der Waals surface area (Å²) in [6.45, 7) is 4.73. The molecule has 5 heteroatoms. The smallest absolute Gasteiger partial charge is 0.326 e. The molecule has 0 bridgehead atoms. The number of urea groups is 1. The van der Waals surface area contributed by atoms with Crippen molar-refractivity contribution in [1.82, 2.24) is 0 Å². The van der Waals surface area contributed by atoms with E-state index in [-0.39, 0.29) is 18.4 Å². The number of carbonyl (C=O) groups is 2. The van der Waals surface area contributed by atoms with Crippen LogP contribution >= 0.6 is 0 Å². The summed E-state index contributed by atoms with van der Waals surface area (Å²) in [4.78, 5) is 27.2.